The van der Waals surface area contributed by atoms with Crippen molar-refractivity contribution in [2.75, 3.05) is 20.3 Å². The van der Waals surface area contributed by atoms with Crippen molar-refractivity contribution in [1.82, 2.24) is 4.90 Å². The Morgan fingerprint density at radius 2 is 2.00 bits per heavy atom. The lowest BCUT2D eigenvalue weighted by Gasteiger charge is -2.43. The topological polar surface area (TPSA) is 3.24 Å². The van der Waals surface area contributed by atoms with Crippen molar-refractivity contribution in [3.05, 3.63) is 12.4 Å². The van der Waals surface area contributed by atoms with E-state index in [1.165, 1.54) is 6.54 Å². The lowest BCUT2D eigenvalue weighted by atomic mass is 10.0. The van der Waals surface area contributed by atoms with Crippen LogP contribution in [-0.4, -0.2) is 35.2 Å². The Kier molecular flexibility index (Phi) is 2.21. The van der Waals surface area contributed by atoms with Crippen LogP contribution in [0.25, 0.3) is 0 Å². The van der Waals surface area contributed by atoms with Crippen molar-refractivity contribution in [2.45, 2.75) is 33.2 Å². The van der Waals surface area contributed by atoms with Crippen LogP contribution in [0.15, 0.2) is 12.4 Å². The Labute approximate surface area is 76.1 Å². The van der Waals surface area contributed by atoms with E-state index in [1.807, 2.05) is 0 Å². The maximum Gasteiger partial charge on any atom is 0.158 e. The van der Waals surface area contributed by atoms with Gasteiger partial charge >= 0.3 is 0 Å². The third kappa shape index (κ3) is 1.36. The molecule has 1 rings (SSSR count). The lowest BCUT2D eigenvalue weighted by Crippen LogP contribution is -2.56. The van der Waals surface area contributed by atoms with E-state index in [4.69, 9.17) is 0 Å². The van der Waals surface area contributed by atoms with Crippen molar-refractivity contribution in [3.63, 3.8) is 0 Å². The van der Waals surface area contributed by atoms with Crippen molar-refractivity contribution < 1.29 is 4.48 Å². The zero-order chi connectivity index (χ0) is 9.41. The molecule has 0 aliphatic carbocycles. The Balaban J connectivity index is 2.87. The summed E-state index contributed by atoms with van der Waals surface area (Å²) in [6.45, 7) is 11.5. The summed E-state index contributed by atoms with van der Waals surface area (Å²) in [6.07, 6.45) is 4.51. The largest absolute Gasteiger partial charge is 0.329 e. The number of hydrogen-bond acceptors (Lipinski definition) is 1. The Bertz CT molecular complexity index is 191. The highest BCUT2D eigenvalue weighted by molar-refractivity contribution is 4.83. The average molecular weight is 169 g/mol. The van der Waals surface area contributed by atoms with Crippen LogP contribution in [0.3, 0.4) is 0 Å². The van der Waals surface area contributed by atoms with Gasteiger partial charge in [0.25, 0.3) is 0 Å². The fraction of sp³-hybridized carbons (Fsp3) is 0.800. The number of quaternary nitrogens is 1. The predicted octanol–water partition coefficient (Wildman–Crippen LogP) is 2.00. The van der Waals surface area contributed by atoms with Gasteiger partial charge in [-0.25, -0.2) is 0 Å². The molecule has 0 saturated heterocycles. The minimum absolute atomic E-state index is 0.315. The summed E-state index contributed by atoms with van der Waals surface area (Å²) < 4.78 is 1.07. The van der Waals surface area contributed by atoms with Crippen LogP contribution in [0.5, 0.6) is 0 Å². The Morgan fingerprint density at radius 1 is 1.42 bits per heavy atom. The lowest BCUT2D eigenvalue weighted by molar-refractivity contribution is -0.924. The van der Waals surface area contributed by atoms with Gasteiger partial charge in [0.1, 0.15) is 6.20 Å². The normalized spacial score (nSPS) is 29.9. The first kappa shape index (κ1) is 9.59. The van der Waals surface area contributed by atoms with Crippen LogP contribution in [0.1, 0.15) is 27.7 Å². The number of rotatable bonds is 1. The minimum atomic E-state index is 0.315. The summed E-state index contributed by atoms with van der Waals surface area (Å²) in [5.74, 6) is 0. The molecule has 0 spiro atoms. The molecule has 0 aromatic rings. The molecule has 1 heterocycles. The zero-order valence-electron chi connectivity index (χ0n) is 8.96. The molecular weight excluding hydrogens is 148 g/mol. The number of hydrogen-bond donors (Lipinski definition) is 0. The van der Waals surface area contributed by atoms with Gasteiger partial charge in [-0.2, -0.15) is 0 Å². The van der Waals surface area contributed by atoms with Gasteiger partial charge in [-0.05, 0) is 27.7 Å². The molecule has 0 aromatic carbocycles. The molecule has 1 aliphatic heterocycles. The van der Waals surface area contributed by atoms with Crippen LogP contribution in [0.4, 0.5) is 0 Å². The van der Waals surface area contributed by atoms with E-state index in [2.05, 4.69) is 52.0 Å². The van der Waals surface area contributed by atoms with Gasteiger partial charge in [-0.1, -0.05) is 0 Å². The standard InChI is InChI=1S/C10H21N2/c1-6-12(10(2,3)4)8-7-11(5)9-12/h7-8H,6,9H2,1-5H3/q+1. The van der Waals surface area contributed by atoms with Crippen molar-refractivity contribution in [1.29, 1.82) is 0 Å². The second kappa shape index (κ2) is 2.77. The third-order valence-electron chi connectivity index (χ3n) is 2.98. The molecule has 0 bridgehead atoms. The second-order valence-corrected chi connectivity index (χ2v) is 4.72. The highest BCUT2D eigenvalue weighted by Gasteiger charge is 2.40. The first-order chi connectivity index (χ1) is 5.41. The molecule has 1 aliphatic rings. The first-order valence-corrected chi connectivity index (χ1v) is 4.68. The molecule has 1 unspecified atom stereocenters. The van der Waals surface area contributed by atoms with Gasteiger partial charge in [-0.15, -0.1) is 0 Å². The predicted molar refractivity (Wildman–Crippen MR) is 52.3 cm³/mol. The molecular formula is C10H21N2+. The maximum absolute atomic E-state index is 2.32. The zero-order valence-corrected chi connectivity index (χ0v) is 8.96. The second-order valence-electron chi connectivity index (χ2n) is 4.72. The summed E-state index contributed by atoms with van der Waals surface area (Å²) in [5, 5.41) is 0. The summed E-state index contributed by atoms with van der Waals surface area (Å²) in [5.41, 5.74) is 0.315. The molecule has 12 heavy (non-hydrogen) atoms. The van der Waals surface area contributed by atoms with Crippen LogP contribution < -0.4 is 0 Å². The van der Waals surface area contributed by atoms with Gasteiger partial charge in [0.05, 0.1) is 18.3 Å². The minimum Gasteiger partial charge on any atom is -0.329 e. The third-order valence-corrected chi connectivity index (χ3v) is 2.98. The Hall–Kier alpha value is -0.500. The van der Waals surface area contributed by atoms with Gasteiger partial charge in [0.2, 0.25) is 0 Å². The summed E-state index contributed by atoms with van der Waals surface area (Å²) in [6, 6.07) is 0. The monoisotopic (exact) mass is 169 g/mol. The van der Waals surface area contributed by atoms with Gasteiger partial charge < -0.3 is 4.90 Å². The van der Waals surface area contributed by atoms with E-state index in [0.29, 0.717) is 5.54 Å². The van der Waals surface area contributed by atoms with Gasteiger partial charge in [0, 0.05) is 7.05 Å². The molecule has 2 heteroatoms. The van der Waals surface area contributed by atoms with Crippen LogP contribution >= 0.6 is 0 Å². The van der Waals surface area contributed by atoms with Crippen LogP contribution in [0.2, 0.25) is 0 Å². The van der Waals surface area contributed by atoms with Crippen molar-refractivity contribution >= 4 is 0 Å². The molecule has 0 saturated carbocycles. The van der Waals surface area contributed by atoms with E-state index in [0.717, 1.165) is 11.2 Å². The van der Waals surface area contributed by atoms with E-state index >= 15 is 0 Å². The molecule has 0 radical (unpaired) electrons. The highest BCUT2D eigenvalue weighted by atomic mass is 15.5. The molecule has 1 atom stereocenters. The van der Waals surface area contributed by atoms with E-state index < -0.39 is 0 Å². The number of nitrogens with zero attached hydrogens (tertiary/aromatic N) is 2. The molecule has 0 N–H and O–H groups in total. The molecule has 70 valence electrons. The van der Waals surface area contributed by atoms with Gasteiger partial charge in [0.15, 0.2) is 6.67 Å². The fourth-order valence-corrected chi connectivity index (χ4v) is 1.85. The van der Waals surface area contributed by atoms with E-state index in [-0.39, 0.29) is 0 Å². The van der Waals surface area contributed by atoms with Crippen LogP contribution in [0, 0.1) is 0 Å². The average Bonchev–Trinajstić information content (AvgIpc) is 2.31. The molecule has 0 fully saturated rings. The Morgan fingerprint density at radius 3 is 2.17 bits per heavy atom. The van der Waals surface area contributed by atoms with Gasteiger partial charge in [-0.3, -0.25) is 4.48 Å². The quantitative estimate of drug-likeness (QED) is 0.543. The molecule has 0 amide bonds. The summed E-state index contributed by atoms with van der Waals surface area (Å²) in [4.78, 5) is 2.26. The van der Waals surface area contributed by atoms with E-state index in [1.54, 1.807) is 0 Å². The van der Waals surface area contributed by atoms with Crippen LogP contribution in [-0.2, 0) is 0 Å². The SMILES string of the molecule is CC[N+]1(C(C)(C)C)C=CN(C)C1. The van der Waals surface area contributed by atoms with E-state index in [9.17, 15) is 0 Å². The maximum atomic E-state index is 2.32. The van der Waals surface area contributed by atoms with Crippen molar-refractivity contribution in [2.24, 2.45) is 0 Å². The fourth-order valence-electron chi connectivity index (χ4n) is 1.85. The summed E-state index contributed by atoms with van der Waals surface area (Å²) in [7, 11) is 2.14. The smallest absolute Gasteiger partial charge is 0.158 e. The highest BCUT2D eigenvalue weighted by Crippen LogP contribution is 2.29. The molecule has 0 aromatic heterocycles. The van der Waals surface area contributed by atoms with Crippen molar-refractivity contribution in [3.8, 4) is 0 Å². The first-order valence-electron chi connectivity index (χ1n) is 4.68. The molecule has 2 nitrogen and oxygen atoms in total. The summed E-state index contributed by atoms with van der Waals surface area (Å²) >= 11 is 0.